The molecule has 1 aromatic rings. The van der Waals surface area contributed by atoms with Gasteiger partial charge in [-0.3, -0.25) is 5.43 Å². The van der Waals surface area contributed by atoms with Gasteiger partial charge in [0.05, 0.1) is 12.6 Å². The minimum Gasteiger partial charge on any atom is -0.493 e. The van der Waals surface area contributed by atoms with E-state index < -0.39 is 0 Å². The van der Waals surface area contributed by atoms with Crippen LogP contribution in [0.5, 0.6) is 5.75 Å². The number of nitrogens with one attached hydrogen (secondary N) is 2. The van der Waals surface area contributed by atoms with Gasteiger partial charge < -0.3 is 10.5 Å². The summed E-state index contributed by atoms with van der Waals surface area (Å²) in [5.74, 6) is 1.37. The van der Waals surface area contributed by atoms with E-state index in [1.165, 1.54) is 18.4 Å². The van der Waals surface area contributed by atoms with E-state index >= 15 is 0 Å². The van der Waals surface area contributed by atoms with Crippen LogP contribution in [0.25, 0.3) is 0 Å². The average Bonchev–Trinajstić information content (AvgIpc) is 2.85. The number of hydrazine groups is 1. The maximum atomic E-state index is 5.97. The van der Waals surface area contributed by atoms with E-state index in [0.29, 0.717) is 18.5 Å². The summed E-state index contributed by atoms with van der Waals surface area (Å²) in [5.41, 5.74) is 13.8. The van der Waals surface area contributed by atoms with Crippen LogP contribution < -0.4 is 21.3 Å². The molecule has 1 heterocycles. The van der Waals surface area contributed by atoms with E-state index in [4.69, 9.17) is 10.5 Å². The first kappa shape index (κ1) is 15.3. The highest BCUT2D eigenvalue weighted by atomic mass is 16.5. The first-order valence-corrected chi connectivity index (χ1v) is 7.70. The normalized spacial score (nSPS) is 25.9. The third kappa shape index (κ3) is 3.51. The van der Waals surface area contributed by atoms with Crippen LogP contribution in [-0.2, 0) is 0 Å². The van der Waals surface area contributed by atoms with Gasteiger partial charge in [0.15, 0.2) is 0 Å². The van der Waals surface area contributed by atoms with Gasteiger partial charge in [-0.25, -0.2) is 5.43 Å². The average molecular weight is 277 g/mol. The highest BCUT2D eigenvalue weighted by Gasteiger charge is 2.34. The van der Waals surface area contributed by atoms with Crippen molar-refractivity contribution >= 4 is 0 Å². The fourth-order valence-corrected chi connectivity index (χ4v) is 2.78. The standard InChI is InChI=1S/C16H27N3O/c1-3-4-7-10-20-15-9-6-5-8-13(15)16-14(11-17)12(2)18-19-16/h5-6,8-9,12,14,16,18-19H,3-4,7,10-11,17H2,1-2H3. The molecule has 1 aromatic carbocycles. The molecule has 2 rings (SSSR count). The van der Waals surface area contributed by atoms with Gasteiger partial charge in [0.2, 0.25) is 0 Å². The van der Waals surface area contributed by atoms with Crippen LogP contribution in [0, 0.1) is 5.92 Å². The number of rotatable bonds is 7. The zero-order chi connectivity index (χ0) is 14.4. The number of benzene rings is 1. The summed E-state index contributed by atoms with van der Waals surface area (Å²) < 4.78 is 5.97. The number of para-hydroxylation sites is 1. The van der Waals surface area contributed by atoms with Crippen LogP contribution in [0.3, 0.4) is 0 Å². The lowest BCUT2D eigenvalue weighted by Crippen LogP contribution is -2.30. The third-order valence-electron chi connectivity index (χ3n) is 4.07. The summed E-state index contributed by atoms with van der Waals surface area (Å²) in [7, 11) is 0. The second-order valence-corrected chi connectivity index (χ2v) is 5.55. The third-order valence-corrected chi connectivity index (χ3v) is 4.07. The molecule has 3 atom stereocenters. The molecule has 4 N–H and O–H groups in total. The number of hydrogen-bond acceptors (Lipinski definition) is 4. The van der Waals surface area contributed by atoms with Gasteiger partial charge in [-0.05, 0) is 26.0 Å². The molecular formula is C16H27N3O. The van der Waals surface area contributed by atoms with Crippen molar-refractivity contribution in [3.8, 4) is 5.75 Å². The first-order chi connectivity index (χ1) is 9.77. The molecule has 0 radical (unpaired) electrons. The molecule has 1 aliphatic rings. The van der Waals surface area contributed by atoms with E-state index in [1.54, 1.807) is 0 Å². The quantitative estimate of drug-likeness (QED) is 0.670. The Kier molecular flexibility index (Phi) is 5.83. The van der Waals surface area contributed by atoms with Crippen molar-refractivity contribution in [1.29, 1.82) is 0 Å². The van der Waals surface area contributed by atoms with Crippen molar-refractivity contribution in [3.05, 3.63) is 29.8 Å². The topological polar surface area (TPSA) is 59.3 Å². The molecule has 0 saturated carbocycles. The van der Waals surface area contributed by atoms with E-state index in [9.17, 15) is 0 Å². The van der Waals surface area contributed by atoms with Crippen LogP contribution >= 0.6 is 0 Å². The minimum atomic E-state index is 0.220. The van der Waals surface area contributed by atoms with E-state index in [0.717, 1.165) is 18.8 Å². The van der Waals surface area contributed by atoms with Crippen molar-refractivity contribution < 1.29 is 4.74 Å². The summed E-state index contributed by atoms with van der Waals surface area (Å²) in [4.78, 5) is 0. The molecule has 112 valence electrons. The Morgan fingerprint density at radius 3 is 2.75 bits per heavy atom. The molecule has 3 unspecified atom stereocenters. The predicted molar refractivity (Wildman–Crippen MR) is 82.5 cm³/mol. The summed E-state index contributed by atoms with van der Waals surface area (Å²) >= 11 is 0. The molecule has 4 nitrogen and oxygen atoms in total. The Bertz CT molecular complexity index is 410. The summed E-state index contributed by atoms with van der Waals surface area (Å²) in [6, 6.07) is 8.87. The number of hydrogen-bond donors (Lipinski definition) is 3. The molecule has 0 spiro atoms. The zero-order valence-electron chi connectivity index (χ0n) is 12.6. The number of unbranched alkanes of at least 4 members (excludes halogenated alkanes) is 2. The van der Waals surface area contributed by atoms with Crippen molar-refractivity contribution in [2.24, 2.45) is 11.7 Å². The van der Waals surface area contributed by atoms with Crippen molar-refractivity contribution in [1.82, 2.24) is 10.9 Å². The smallest absolute Gasteiger partial charge is 0.124 e. The predicted octanol–water partition coefficient (Wildman–Crippen LogP) is 2.37. The monoisotopic (exact) mass is 277 g/mol. The second-order valence-electron chi connectivity index (χ2n) is 5.55. The molecule has 1 saturated heterocycles. The highest BCUT2D eigenvalue weighted by molar-refractivity contribution is 5.37. The highest BCUT2D eigenvalue weighted by Crippen LogP contribution is 2.33. The second kappa shape index (κ2) is 7.62. The maximum absolute atomic E-state index is 5.97. The van der Waals surface area contributed by atoms with Crippen LogP contribution in [0.1, 0.15) is 44.7 Å². The van der Waals surface area contributed by atoms with Gasteiger partial charge in [-0.1, -0.05) is 38.0 Å². The van der Waals surface area contributed by atoms with Gasteiger partial charge >= 0.3 is 0 Å². The first-order valence-electron chi connectivity index (χ1n) is 7.70. The van der Waals surface area contributed by atoms with Crippen LogP contribution in [0.15, 0.2) is 24.3 Å². The lowest BCUT2D eigenvalue weighted by molar-refractivity contribution is 0.297. The van der Waals surface area contributed by atoms with Gasteiger partial charge in [0, 0.05) is 17.5 Å². The lowest BCUT2D eigenvalue weighted by Gasteiger charge is -2.22. The molecule has 20 heavy (non-hydrogen) atoms. The van der Waals surface area contributed by atoms with Crippen LogP contribution in [0.4, 0.5) is 0 Å². The Morgan fingerprint density at radius 2 is 2.00 bits per heavy atom. The number of nitrogens with two attached hydrogens (primary N) is 1. The van der Waals surface area contributed by atoms with E-state index in [-0.39, 0.29) is 6.04 Å². The lowest BCUT2D eigenvalue weighted by atomic mass is 9.90. The molecular weight excluding hydrogens is 250 g/mol. The summed E-state index contributed by atoms with van der Waals surface area (Å²) in [5, 5.41) is 0. The molecule has 0 aromatic heterocycles. The molecule has 1 aliphatic heterocycles. The molecule has 0 bridgehead atoms. The Labute approximate surface area is 122 Å². The van der Waals surface area contributed by atoms with Gasteiger partial charge in [-0.2, -0.15) is 0 Å². The Balaban J connectivity index is 2.07. The molecule has 0 amide bonds. The molecule has 4 heteroatoms. The van der Waals surface area contributed by atoms with Crippen LogP contribution in [0.2, 0.25) is 0 Å². The fraction of sp³-hybridized carbons (Fsp3) is 0.625. The molecule has 1 fully saturated rings. The summed E-state index contributed by atoms with van der Waals surface area (Å²) in [6.07, 6.45) is 3.54. The Hall–Kier alpha value is -1.10. The molecule has 0 aliphatic carbocycles. The van der Waals surface area contributed by atoms with Gasteiger partial charge in [0.25, 0.3) is 0 Å². The fourth-order valence-electron chi connectivity index (χ4n) is 2.78. The summed E-state index contributed by atoms with van der Waals surface area (Å²) in [6.45, 7) is 5.81. The van der Waals surface area contributed by atoms with Gasteiger partial charge in [-0.15, -0.1) is 0 Å². The number of ether oxygens (including phenoxy) is 1. The largest absolute Gasteiger partial charge is 0.493 e. The van der Waals surface area contributed by atoms with Crippen molar-refractivity contribution in [2.45, 2.75) is 45.2 Å². The van der Waals surface area contributed by atoms with Gasteiger partial charge in [0.1, 0.15) is 5.75 Å². The zero-order valence-corrected chi connectivity index (χ0v) is 12.6. The minimum absolute atomic E-state index is 0.220. The van der Waals surface area contributed by atoms with Crippen molar-refractivity contribution in [3.63, 3.8) is 0 Å². The Morgan fingerprint density at radius 1 is 1.20 bits per heavy atom. The van der Waals surface area contributed by atoms with E-state index in [2.05, 4.69) is 42.9 Å². The van der Waals surface area contributed by atoms with Crippen molar-refractivity contribution in [2.75, 3.05) is 13.2 Å². The maximum Gasteiger partial charge on any atom is 0.124 e. The van der Waals surface area contributed by atoms with E-state index in [1.807, 2.05) is 6.07 Å². The van der Waals surface area contributed by atoms with Crippen LogP contribution in [-0.4, -0.2) is 19.2 Å². The SMILES string of the molecule is CCCCCOc1ccccc1C1NNC(C)C1CN.